The summed E-state index contributed by atoms with van der Waals surface area (Å²) in [7, 11) is 1.56. The fourth-order valence-electron chi connectivity index (χ4n) is 3.06. The predicted octanol–water partition coefficient (Wildman–Crippen LogP) is 2.88. The maximum absolute atomic E-state index is 12.5. The van der Waals surface area contributed by atoms with Crippen LogP contribution in [0.25, 0.3) is 11.2 Å². The topological polar surface area (TPSA) is 97.1 Å². The molecular formula is C21H19ClN6O2. The quantitative estimate of drug-likeness (QED) is 0.381. The second-order valence-electron chi connectivity index (χ2n) is 6.92. The molecule has 0 unspecified atom stereocenters. The number of hydrogen-bond acceptors (Lipinski definition) is 5. The van der Waals surface area contributed by atoms with Gasteiger partial charge in [-0.25, -0.2) is 10.2 Å². The Morgan fingerprint density at radius 1 is 1.13 bits per heavy atom. The van der Waals surface area contributed by atoms with Crippen LogP contribution in [0, 0.1) is 6.92 Å². The van der Waals surface area contributed by atoms with Crippen LogP contribution in [-0.2, 0) is 13.6 Å². The summed E-state index contributed by atoms with van der Waals surface area (Å²) in [6.45, 7) is 2.36. The Morgan fingerprint density at radius 2 is 1.83 bits per heavy atom. The molecule has 30 heavy (non-hydrogen) atoms. The summed E-state index contributed by atoms with van der Waals surface area (Å²) in [5.74, 6) is 0.343. The number of rotatable bonds is 5. The molecule has 0 spiro atoms. The van der Waals surface area contributed by atoms with Gasteiger partial charge in [0.1, 0.15) is 0 Å². The van der Waals surface area contributed by atoms with Gasteiger partial charge in [0.05, 0.1) is 12.8 Å². The highest BCUT2D eigenvalue weighted by Crippen LogP contribution is 2.19. The summed E-state index contributed by atoms with van der Waals surface area (Å²) in [6, 6.07) is 15.2. The number of aromatic nitrogens is 4. The molecule has 152 valence electrons. The van der Waals surface area contributed by atoms with Gasteiger partial charge in [0.15, 0.2) is 11.2 Å². The average Bonchev–Trinajstić information content (AvgIpc) is 3.08. The third-order valence-electron chi connectivity index (χ3n) is 4.72. The fraction of sp³-hybridized carbons (Fsp3) is 0.143. The zero-order chi connectivity index (χ0) is 21.3. The van der Waals surface area contributed by atoms with Crippen molar-refractivity contribution in [2.75, 3.05) is 5.43 Å². The van der Waals surface area contributed by atoms with Crippen molar-refractivity contribution >= 4 is 34.9 Å². The van der Waals surface area contributed by atoms with Gasteiger partial charge in [-0.05, 0) is 30.2 Å². The van der Waals surface area contributed by atoms with Gasteiger partial charge < -0.3 is 0 Å². The van der Waals surface area contributed by atoms with Crippen molar-refractivity contribution in [3.63, 3.8) is 0 Å². The molecule has 0 aliphatic rings. The first-order chi connectivity index (χ1) is 14.4. The van der Waals surface area contributed by atoms with Crippen LogP contribution in [0.1, 0.15) is 16.7 Å². The van der Waals surface area contributed by atoms with E-state index in [0.717, 1.165) is 16.7 Å². The minimum atomic E-state index is -0.529. The van der Waals surface area contributed by atoms with Crippen LogP contribution in [0.3, 0.4) is 0 Å². The van der Waals surface area contributed by atoms with Crippen molar-refractivity contribution in [3.8, 4) is 0 Å². The summed E-state index contributed by atoms with van der Waals surface area (Å²) < 4.78 is 2.98. The van der Waals surface area contributed by atoms with Gasteiger partial charge in [-0.1, -0.05) is 53.6 Å². The van der Waals surface area contributed by atoms with Crippen LogP contribution in [-0.4, -0.2) is 25.3 Å². The Labute approximate surface area is 176 Å². The molecule has 4 aromatic rings. The van der Waals surface area contributed by atoms with Crippen molar-refractivity contribution < 1.29 is 0 Å². The molecule has 0 aliphatic heterocycles. The highest BCUT2D eigenvalue weighted by atomic mass is 35.5. The second-order valence-corrected chi connectivity index (χ2v) is 7.36. The normalized spacial score (nSPS) is 11.4. The minimum absolute atomic E-state index is 0.269. The maximum Gasteiger partial charge on any atom is 0.329 e. The monoisotopic (exact) mass is 422 g/mol. The van der Waals surface area contributed by atoms with Gasteiger partial charge in [0.25, 0.3) is 5.56 Å². The van der Waals surface area contributed by atoms with Crippen molar-refractivity contribution in [1.29, 1.82) is 0 Å². The Kier molecular flexibility index (Phi) is 5.24. The lowest BCUT2D eigenvalue weighted by molar-refractivity contribution is 0.808. The summed E-state index contributed by atoms with van der Waals surface area (Å²) in [4.78, 5) is 31.3. The Balaban J connectivity index is 1.77. The molecular weight excluding hydrogens is 404 g/mol. The number of H-pyrrole nitrogens is 1. The molecule has 0 fully saturated rings. The lowest BCUT2D eigenvalue weighted by atomic mass is 10.2. The lowest BCUT2D eigenvalue weighted by Crippen LogP contribution is -2.29. The molecule has 2 aromatic carbocycles. The molecule has 0 radical (unpaired) electrons. The molecule has 4 rings (SSSR count). The number of halogens is 1. The highest BCUT2D eigenvalue weighted by molar-refractivity contribution is 6.30. The first kappa shape index (κ1) is 19.7. The number of benzene rings is 2. The summed E-state index contributed by atoms with van der Waals surface area (Å²) >= 11 is 5.98. The third-order valence-corrected chi connectivity index (χ3v) is 4.97. The van der Waals surface area contributed by atoms with E-state index in [2.05, 4.69) is 20.5 Å². The van der Waals surface area contributed by atoms with Crippen molar-refractivity contribution in [2.45, 2.75) is 13.5 Å². The smallest absolute Gasteiger partial charge is 0.298 e. The minimum Gasteiger partial charge on any atom is -0.298 e. The number of hydrogen-bond donors (Lipinski definition) is 2. The lowest BCUT2D eigenvalue weighted by Gasteiger charge is -2.08. The molecule has 0 amide bonds. The maximum atomic E-state index is 12.5. The second kappa shape index (κ2) is 8.00. The highest BCUT2D eigenvalue weighted by Gasteiger charge is 2.17. The number of aromatic amines is 1. The van der Waals surface area contributed by atoms with Gasteiger partial charge in [0, 0.05) is 12.1 Å². The number of fused-ring (bicyclic) bond motifs is 1. The molecule has 0 aliphatic carbocycles. The molecule has 2 heterocycles. The Bertz CT molecular complexity index is 1350. The number of anilines is 1. The third kappa shape index (κ3) is 3.90. The van der Waals surface area contributed by atoms with Gasteiger partial charge in [-0.2, -0.15) is 10.1 Å². The van der Waals surface area contributed by atoms with E-state index in [1.54, 1.807) is 30.0 Å². The first-order valence-corrected chi connectivity index (χ1v) is 9.60. The van der Waals surface area contributed by atoms with Crippen LogP contribution in [0.2, 0.25) is 5.02 Å². The van der Waals surface area contributed by atoms with Crippen LogP contribution in [0.15, 0.2) is 63.2 Å². The van der Waals surface area contributed by atoms with Gasteiger partial charge in [0.2, 0.25) is 5.95 Å². The molecule has 2 aromatic heterocycles. The summed E-state index contributed by atoms with van der Waals surface area (Å²) in [5.41, 5.74) is 5.39. The van der Waals surface area contributed by atoms with E-state index in [0.29, 0.717) is 17.5 Å². The van der Waals surface area contributed by atoms with E-state index in [9.17, 15) is 9.59 Å². The number of hydrazone groups is 1. The molecule has 0 bridgehead atoms. The molecule has 0 saturated carbocycles. The molecule has 0 saturated heterocycles. The van der Waals surface area contributed by atoms with Gasteiger partial charge in [-0.3, -0.25) is 18.9 Å². The summed E-state index contributed by atoms with van der Waals surface area (Å²) in [5, 5.41) is 4.88. The Morgan fingerprint density at radius 3 is 2.53 bits per heavy atom. The number of nitrogens with one attached hydrogen (secondary N) is 2. The summed E-state index contributed by atoms with van der Waals surface area (Å²) in [6.07, 6.45) is 1.66. The molecule has 2 N–H and O–H groups in total. The zero-order valence-electron chi connectivity index (χ0n) is 16.4. The SMILES string of the molecule is Cc1ccc(/C=N/Nc2nc3c(c(=O)[nH]c(=O)n3C)n2Cc2ccc(Cl)cc2)cc1. The van der Waals surface area contributed by atoms with E-state index >= 15 is 0 Å². The zero-order valence-corrected chi connectivity index (χ0v) is 17.1. The van der Waals surface area contributed by atoms with Crippen LogP contribution < -0.4 is 16.7 Å². The van der Waals surface area contributed by atoms with Crippen LogP contribution in [0.4, 0.5) is 5.95 Å². The molecule has 8 nitrogen and oxygen atoms in total. The first-order valence-electron chi connectivity index (χ1n) is 9.22. The average molecular weight is 423 g/mol. The predicted molar refractivity (Wildman–Crippen MR) is 119 cm³/mol. The van der Waals surface area contributed by atoms with Gasteiger partial charge >= 0.3 is 5.69 Å². The molecule has 9 heteroatoms. The van der Waals surface area contributed by atoms with E-state index in [4.69, 9.17) is 11.6 Å². The van der Waals surface area contributed by atoms with Crippen molar-refractivity contribution in [3.05, 3.63) is 91.1 Å². The van der Waals surface area contributed by atoms with E-state index in [1.807, 2.05) is 43.3 Å². The van der Waals surface area contributed by atoms with E-state index < -0.39 is 11.2 Å². The largest absolute Gasteiger partial charge is 0.329 e. The van der Waals surface area contributed by atoms with Gasteiger partial charge in [-0.15, -0.1) is 0 Å². The standard InChI is InChI=1S/C21H19ClN6O2/c1-13-3-5-14(6-4-13)11-23-26-20-24-18-17(19(29)25-21(30)27(18)2)28(20)12-15-7-9-16(22)10-8-15/h3-11H,12H2,1-2H3,(H,24,26)(H,25,29,30)/b23-11+. The Hall–Kier alpha value is -3.65. The van der Waals surface area contributed by atoms with Crippen LogP contribution in [0.5, 0.6) is 0 Å². The van der Waals surface area contributed by atoms with E-state index in [1.165, 1.54) is 4.57 Å². The van der Waals surface area contributed by atoms with Crippen LogP contribution >= 0.6 is 11.6 Å². The number of imidazole rings is 1. The molecule has 0 atom stereocenters. The van der Waals surface area contributed by atoms with Crippen molar-refractivity contribution in [2.24, 2.45) is 12.1 Å². The fourth-order valence-corrected chi connectivity index (χ4v) is 3.19. The number of nitrogens with zero attached hydrogens (tertiary/aromatic N) is 4. The van der Waals surface area contributed by atoms with E-state index in [-0.39, 0.29) is 11.2 Å². The number of aryl methyl sites for hydroxylation is 2. The van der Waals surface area contributed by atoms with Crippen molar-refractivity contribution in [1.82, 2.24) is 19.1 Å².